The van der Waals surface area contributed by atoms with Crippen molar-refractivity contribution in [3.63, 3.8) is 0 Å². The lowest BCUT2D eigenvalue weighted by Crippen LogP contribution is -2.31. The minimum absolute atomic E-state index is 0.106. The van der Waals surface area contributed by atoms with E-state index in [9.17, 15) is 4.79 Å². The van der Waals surface area contributed by atoms with Crippen LogP contribution in [0.5, 0.6) is 5.75 Å². The van der Waals surface area contributed by atoms with Crippen LogP contribution in [0, 0.1) is 6.92 Å². The Morgan fingerprint density at radius 2 is 1.86 bits per heavy atom. The minimum atomic E-state index is -0.228. The molecule has 0 aliphatic heterocycles. The van der Waals surface area contributed by atoms with Crippen molar-refractivity contribution in [2.24, 2.45) is 0 Å². The number of hydrogen-bond acceptors (Lipinski definition) is 2. The lowest BCUT2D eigenvalue weighted by Gasteiger charge is -2.16. The molecule has 1 unspecified atom stereocenters. The predicted octanol–water partition coefficient (Wildman–Crippen LogP) is 3.89. The van der Waals surface area contributed by atoms with Gasteiger partial charge in [0, 0.05) is 5.69 Å². The predicted molar refractivity (Wildman–Crippen MR) is 84.7 cm³/mol. The van der Waals surface area contributed by atoms with Crippen molar-refractivity contribution in [1.82, 2.24) is 5.32 Å². The molecule has 2 amide bonds. The number of methoxy groups -OCH3 is 1. The van der Waals surface area contributed by atoms with Gasteiger partial charge in [0.05, 0.1) is 13.2 Å². The summed E-state index contributed by atoms with van der Waals surface area (Å²) < 4.78 is 5.19. The van der Waals surface area contributed by atoms with E-state index in [-0.39, 0.29) is 12.1 Å². The molecule has 1 atom stereocenters. The van der Waals surface area contributed by atoms with E-state index in [1.807, 2.05) is 62.4 Å². The van der Waals surface area contributed by atoms with Crippen molar-refractivity contribution in [2.75, 3.05) is 12.4 Å². The minimum Gasteiger partial charge on any atom is -0.497 e. The molecule has 4 nitrogen and oxygen atoms in total. The molecule has 0 aliphatic carbocycles. The van der Waals surface area contributed by atoms with Gasteiger partial charge < -0.3 is 15.4 Å². The number of rotatable bonds is 4. The summed E-state index contributed by atoms with van der Waals surface area (Å²) >= 11 is 0. The second kappa shape index (κ2) is 6.79. The summed E-state index contributed by atoms with van der Waals surface area (Å²) in [6, 6.07) is 15.0. The summed E-state index contributed by atoms with van der Waals surface area (Å²) in [6.45, 7) is 3.94. The molecular weight excluding hydrogens is 264 g/mol. The second-order valence-electron chi connectivity index (χ2n) is 4.96. The van der Waals surface area contributed by atoms with E-state index in [2.05, 4.69) is 10.6 Å². The van der Waals surface area contributed by atoms with Gasteiger partial charge in [0.25, 0.3) is 0 Å². The average Bonchev–Trinajstić information content (AvgIpc) is 2.49. The van der Waals surface area contributed by atoms with Crippen LogP contribution in [0.3, 0.4) is 0 Å². The van der Waals surface area contributed by atoms with Gasteiger partial charge in [0.2, 0.25) is 0 Å². The first-order valence-electron chi connectivity index (χ1n) is 6.86. The molecule has 0 radical (unpaired) electrons. The Labute approximate surface area is 125 Å². The van der Waals surface area contributed by atoms with Gasteiger partial charge in [-0.15, -0.1) is 0 Å². The highest BCUT2D eigenvalue weighted by Crippen LogP contribution is 2.19. The zero-order valence-corrected chi connectivity index (χ0v) is 12.5. The molecule has 0 aromatic heterocycles. The maximum absolute atomic E-state index is 12.0. The van der Waals surface area contributed by atoms with Gasteiger partial charge in [-0.05, 0) is 43.7 Å². The first-order chi connectivity index (χ1) is 10.1. The van der Waals surface area contributed by atoms with E-state index in [4.69, 9.17) is 4.74 Å². The van der Waals surface area contributed by atoms with Gasteiger partial charge in [-0.2, -0.15) is 0 Å². The number of urea groups is 1. The Hall–Kier alpha value is -2.49. The number of benzene rings is 2. The molecule has 0 aliphatic rings. The molecule has 4 heteroatoms. The van der Waals surface area contributed by atoms with Crippen LogP contribution in [-0.2, 0) is 0 Å². The standard InChI is InChI=1S/C17H20N2O2/c1-12-7-9-15(10-8-12)19-17(20)18-13(2)14-5-4-6-16(11-14)21-3/h4-11,13H,1-3H3,(H2,18,19,20). The van der Waals surface area contributed by atoms with Crippen LogP contribution >= 0.6 is 0 Å². The van der Waals surface area contributed by atoms with E-state index in [0.29, 0.717) is 0 Å². The molecule has 2 aromatic rings. The van der Waals surface area contributed by atoms with Gasteiger partial charge >= 0.3 is 6.03 Å². The zero-order chi connectivity index (χ0) is 15.2. The third-order valence-electron chi connectivity index (χ3n) is 3.25. The SMILES string of the molecule is COc1cccc(C(C)NC(=O)Nc2ccc(C)cc2)c1. The van der Waals surface area contributed by atoms with Crippen molar-refractivity contribution in [3.05, 3.63) is 59.7 Å². The van der Waals surface area contributed by atoms with Gasteiger partial charge in [-0.3, -0.25) is 0 Å². The summed E-state index contributed by atoms with van der Waals surface area (Å²) in [6.07, 6.45) is 0. The van der Waals surface area contributed by atoms with E-state index in [1.54, 1.807) is 7.11 Å². The van der Waals surface area contributed by atoms with Gasteiger partial charge in [0.1, 0.15) is 5.75 Å². The number of carbonyl (C=O) groups is 1. The molecule has 0 saturated carbocycles. The highest BCUT2D eigenvalue weighted by molar-refractivity contribution is 5.89. The third kappa shape index (κ3) is 4.24. The van der Waals surface area contributed by atoms with Crippen LogP contribution in [-0.4, -0.2) is 13.1 Å². The summed E-state index contributed by atoms with van der Waals surface area (Å²) in [4.78, 5) is 12.0. The largest absolute Gasteiger partial charge is 0.497 e. The van der Waals surface area contributed by atoms with Crippen molar-refractivity contribution in [2.45, 2.75) is 19.9 Å². The molecule has 0 spiro atoms. The Balaban J connectivity index is 1.96. The van der Waals surface area contributed by atoms with Crippen LogP contribution in [0.25, 0.3) is 0 Å². The molecule has 0 heterocycles. The molecule has 0 fully saturated rings. The molecule has 2 rings (SSSR count). The quantitative estimate of drug-likeness (QED) is 0.895. The van der Waals surface area contributed by atoms with Crippen LogP contribution < -0.4 is 15.4 Å². The molecule has 2 aromatic carbocycles. The van der Waals surface area contributed by atoms with Crippen LogP contribution in [0.2, 0.25) is 0 Å². The van der Waals surface area contributed by atoms with E-state index < -0.39 is 0 Å². The monoisotopic (exact) mass is 284 g/mol. The van der Waals surface area contributed by atoms with Crippen LogP contribution in [0.15, 0.2) is 48.5 Å². The summed E-state index contributed by atoms with van der Waals surface area (Å²) in [5.74, 6) is 0.778. The number of aryl methyl sites for hydroxylation is 1. The summed E-state index contributed by atoms with van der Waals surface area (Å²) in [5.41, 5.74) is 2.93. The fourth-order valence-corrected chi connectivity index (χ4v) is 1.99. The maximum Gasteiger partial charge on any atom is 0.319 e. The van der Waals surface area contributed by atoms with Crippen molar-refractivity contribution in [3.8, 4) is 5.75 Å². The molecular formula is C17H20N2O2. The number of nitrogens with one attached hydrogen (secondary N) is 2. The topological polar surface area (TPSA) is 50.4 Å². The Morgan fingerprint density at radius 3 is 2.52 bits per heavy atom. The summed E-state index contributed by atoms with van der Waals surface area (Å²) in [7, 11) is 1.63. The fraction of sp³-hybridized carbons (Fsp3) is 0.235. The number of anilines is 1. The van der Waals surface area contributed by atoms with Crippen LogP contribution in [0.4, 0.5) is 10.5 Å². The average molecular weight is 284 g/mol. The fourth-order valence-electron chi connectivity index (χ4n) is 1.99. The number of amides is 2. The second-order valence-corrected chi connectivity index (χ2v) is 4.96. The van der Waals surface area contributed by atoms with Gasteiger partial charge in [0.15, 0.2) is 0 Å². The Kier molecular flexibility index (Phi) is 4.82. The molecule has 2 N–H and O–H groups in total. The van der Waals surface area contributed by atoms with Crippen LogP contribution in [0.1, 0.15) is 24.1 Å². The van der Waals surface area contributed by atoms with E-state index >= 15 is 0 Å². The van der Waals surface area contributed by atoms with Crippen molar-refractivity contribution >= 4 is 11.7 Å². The smallest absolute Gasteiger partial charge is 0.319 e. The zero-order valence-electron chi connectivity index (χ0n) is 12.5. The third-order valence-corrected chi connectivity index (χ3v) is 3.25. The lowest BCUT2D eigenvalue weighted by molar-refractivity contribution is 0.249. The Bertz CT molecular complexity index is 608. The number of ether oxygens (including phenoxy) is 1. The van der Waals surface area contributed by atoms with Gasteiger partial charge in [-0.25, -0.2) is 4.79 Å². The van der Waals surface area contributed by atoms with E-state index in [0.717, 1.165) is 22.6 Å². The first-order valence-corrected chi connectivity index (χ1v) is 6.86. The highest BCUT2D eigenvalue weighted by atomic mass is 16.5. The molecule has 0 saturated heterocycles. The molecule has 0 bridgehead atoms. The van der Waals surface area contributed by atoms with Crippen molar-refractivity contribution in [1.29, 1.82) is 0 Å². The lowest BCUT2D eigenvalue weighted by atomic mass is 10.1. The molecule has 110 valence electrons. The number of carbonyl (C=O) groups excluding carboxylic acids is 1. The van der Waals surface area contributed by atoms with Crippen molar-refractivity contribution < 1.29 is 9.53 Å². The first kappa shape index (κ1) is 14.9. The summed E-state index contributed by atoms with van der Waals surface area (Å²) in [5, 5.41) is 5.72. The Morgan fingerprint density at radius 1 is 1.14 bits per heavy atom. The van der Waals surface area contributed by atoms with E-state index in [1.165, 1.54) is 0 Å². The van der Waals surface area contributed by atoms with Gasteiger partial charge in [-0.1, -0.05) is 29.8 Å². The number of hydrogen-bond donors (Lipinski definition) is 2. The maximum atomic E-state index is 12.0. The highest BCUT2D eigenvalue weighted by Gasteiger charge is 2.10. The normalized spacial score (nSPS) is 11.6. The molecule has 21 heavy (non-hydrogen) atoms.